The lowest BCUT2D eigenvalue weighted by atomic mass is 9.71. The van der Waals surface area contributed by atoms with Gasteiger partial charge in [-0.2, -0.15) is 12.6 Å². The molecule has 0 bridgehead atoms. The van der Waals surface area contributed by atoms with Crippen molar-refractivity contribution in [1.29, 1.82) is 0 Å². The van der Waals surface area contributed by atoms with Crippen LogP contribution < -0.4 is 0 Å². The van der Waals surface area contributed by atoms with E-state index in [1.54, 1.807) is 0 Å². The standard InChI is InChI=1S/C16H26S/c1-3-14-6-4-5-7-15(14)11-13-8-9-16(17)12(2)10-13/h1,12-17H,4-11H2,2H3/t12-,13?,14+,15+,16-/m0/s1. The monoisotopic (exact) mass is 250 g/mol. The first kappa shape index (κ1) is 13.3. The van der Waals surface area contributed by atoms with Crippen LogP contribution >= 0.6 is 12.6 Å². The van der Waals surface area contributed by atoms with E-state index in [4.69, 9.17) is 6.42 Å². The minimum Gasteiger partial charge on any atom is -0.176 e. The predicted molar refractivity (Wildman–Crippen MR) is 78.2 cm³/mol. The quantitative estimate of drug-likeness (QED) is 0.539. The number of hydrogen-bond acceptors (Lipinski definition) is 1. The zero-order valence-corrected chi connectivity index (χ0v) is 12.0. The van der Waals surface area contributed by atoms with Crippen LogP contribution in [-0.4, -0.2) is 5.25 Å². The fourth-order valence-corrected chi connectivity index (χ4v) is 4.11. The van der Waals surface area contributed by atoms with Gasteiger partial charge in [-0.1, -0.05) is 19.8 Å². The van der Waals surface area contributed by atoms with Crippen LogP contribution in [0.4, 0.5) is 0 Å². The van der Waals surface area contributed by atoms with E-state index in [0.717, 1.165) is 17.8 Å². The number of terminal acetylenes is 1. The highest BCUT2D eigenvalue weighted by Gasteiger charge is 2.30. The molecule has 0 aromatic heterocycles. The third-order valence-corrected chi connectivity index (χ3v) is 5.76. The normalized spacial score (nSPS) is 43.0. The van der Waals surface area contributed by atoms with E-state index in [0.29, 0.717) is 11.2 Å². The van der Waals surface area contributed by atoms with Crippen molar-refractivity contribution in [2.45, 2.75) is 63.5 Å². The molecule has 0 spiro atoms. The largest absolute Gasteiger partial charge is 0.176 e. The summed E-state index contributed by atoms with van der Waals surface area (Å²) in [5.41, 5.74) is 0. The van der Waals surface area contributed by atoms with Crippen LogP contribution in [0.5, 0.6) is 0 Å². The summed E-state index contributed by atoms with van der Waals surface area (Å²) >= 11 is 4.67. The summed E-state index contributed by atoms with van der Waals surface area (Å²) in [4.78, 5) is 0. The van der Waals surface area contributed by atoms with Crippen LogP contribution in [0.2, 0.25) is 0 Å². The minimum absolute atomic E-state index is 0.577. The molecule has 0 N–H and O–H groups in total. The van der Waals surface area contributed by atoms with Gasteiger partial charge in [-0.25, -0.2) is 0 Å². The Bertz CT molecular complexity index is 278. The minimum atomic E-state index is 0.577. The molecule has 0 aromatic carbocycles. The molecule has 0 amide bonds. The summed E-state index contributed by atoms with van der Waals surface area (Å²) in [7, 11) is 0. The highest BCUT2D eigenvalue weighted by atomic mass is 32.1. The second-order valence-electron chi connectivity index (χ2n) is 6.28. The smallest absolute Gasteiger partial charge is 0.0228 e. The van der Waals surface area contributed by atoms with E-state index >= 15 is 0 Å². The van der Waals surface area contributed by atoms with Gasteiger partial charge in [0.2, 0.25) is 0 Å². The molecule has 0 aliphatic heterocycles. The molecule has 1 unspecified atom stereocenters. The Balaban J connectivity index is 1.85. The van der Waals surface area contributed by atoms with Gasteiger partial charge in [0.1, 0.15) is 0 Å². The van der Waals surface area contributed by atoms with Crippen molar-refractivity contribution in [2.24, 2.45) is 23.7 Å². The zero-order valence-electron chi connectivity index (χ0n) is 11.1. The topological polar surface area (TPSA) is 0 Å². The maximum absolute atomic E-state index is 5.69. The first-order chi connectivity index (χ1) is 8.20. The average Bonchev–Trinajstić information content (AvgIpc) is 2.34. The molecule has 2 rings (SSSR count). The summed E-state index contributed by atoms with van der Waals surface area (Å²) in [6.45, 7) is 2.36. The summed E-state index contributed by atoms with van der Waals surface area (Å²) in [5.74, 6) is 6.17. The Labute approximate surface area is 112 Å². The van der Waals surface area contributed by atoms with Crippen molar-refractivity contribution in [3.05, 3.63) is 0 Å². The third-order valence-electron chi connectivity index (χ3n) is 4.99. The van der Waals surface area contributed by atoms with E-state index in [-0.39, 0.29) is 0 Å². The molecule has 5 atom stereocenters. The van der Waals surface area contributed by atoms with Crippen LogP contribution in [0.3, 0.4) is 0 Å². The maximum Gasteiger partial charge on any atom is 0.0228 e. The molecule has 0 heterocycles. The van der Waals surface area contributed by atoms with Gasteiger partial charge in [-0.05, 0) is 56.3 Å². The van der Waals surface area contributed by atoms with Gasteiger partial charge in [0, 0.05) is 11.2 Å². The molecule has 0 saturated heterocycles. The number of rotatable bonds is 2. The molecule has 0 nitrogen and oxygen atoms in total. The summed E-state index contributed by atoms with van der Waals surface area (Å²) in [5, 5.41) is 0.640. The van der Waals surface area contributed by atoms with Gasteiger partial charge >= 0.3 is 0 Å². The Morgan fingerprint density at radius 1 is 1.18 bits per heavy atom. The zero-order chi connectivity index (χ0) is 12.3. The summed E-state index contributed by atoms with van der Waals surface area (Å²) in [6.07, 6.45) is 16.6. The highest BCUT2D eigenvalue weighted by Crippen LogP contribution is 2.40. The van der Waals surface area contributed by atoms with Gasteiger partial charge in [0.05, 0.1) is 0 Å². The van der Waals surface area contributed by atoms with Gasteiger partial charge in [-0.3, -0.25) is 0 Å². The van der Waals surface area contributed by atoms with E-state index in [9.17, 15) is 0 Å². The molecule has 0 aromatic rings. The van der Waals surface area contributed by atoms with Crippen LogP contribution in [0.1, 0.15) is 58.3 Å². The molecule has 2 aliphatic carbocycles. The SMILES string of the molecule is C#C[C@@H]1CCCC[C@@H]1CC1CC[C@H](S)[C@@H](C)C1. The maximum atomic E-state index is 5.69. The lowest BCUT2D eigenvalue weighted by Gasteiger charge is -2.36. The summed E-state index contributed by atoms with van der Waals surface area (Å²) in [6, 6.07) is 0. The van der Waals surface area contributed by atoms with Crippen molar-refractivity contribution in [3.63, 3.8) is 0 Å². The van der Waals surface area contributed by atoms with Crippen LogP contribution in [0, 0.1) is 36.0 Å². The van der Waals surface area contributed by atoms with Gasteiger partial charge < -0.3 is 0 Å². The molecule has 17 heavy (non-hydrogen) atoms. The van der Waals surface area contributed by atoms with Crippen molar-refractivity contribution in [2.75, 3.05) is 0 Å². The summed E-state index contributed by atoms with van der Waals surface area (Å²) < 4.78 is 0. The Morgan fingerprint density at radius 2 is 1.94 bits per heavy atom. The van der Waals surface area contributed by atoms with E-state index < -0.39 is 0 Å². The van der Waals surface area contributed by atoms with Crippen LogP contribution in [0.15, 0.2) is 0 Å². The molecule has 2 saturated carbocycles. The van der Waals surface area contributed by atoms with Gasteiger partial charge in [0.15, 0.2) is 0 Å². The molecular formula is C16H26S. The van der Waals surface area contributed by atoms with Crippen LogP contribution in [0.25, 0.3) is 0 Å². The lowest BCUT2D eigenvalue weighted by Crippen LogP contribution is -2.27. The first-order valence-corrected chi connectivity index (χ1v) is 7.86. The Hall–Kier alpha value is -0.0900. The van der Waals surface area contributed by atoms with Crippen molar-refractivity contribution in [1.82, 2.24) is 0 Å². The lowest BCUT2D eigenvalue weighted by molar-refractivity contribution is 0.192. The molecule has 2 aliphatic rings. The number of thiol groups is 1. The van der Waals surface area contributed by atoms with Crippen LogP contribution in [-0.2, 0) is 0 Å². The first-order valence-electron chi connectivity index (χ1n) is 7.35. The molecule has 96 valence electrons. The third kappa shape index (κ3) is 3.44. The van der Waals surface area contributed by atoms with Crippen molar-refractivity contribution < 1.29 is 0 Å². The Morgan fingerprint density at radius 3 is 2.65 bits per heavy atom. The average molecular weight is 250 g/mol. The van der Waals surface area contributed by atoms with E-state index in [1.165, 1.54) is 51.4 Å². The van der Waals surface area contributed by atoms with Gasteiger partial charge in [-0.15, -0.1) is 12.3 Å². The van der Waals surface area contributed by atoms with Crippen molar-refractivity contribution >= 4 is 12.6 Å². The molecule has 0 radical (unpaired) electrons. The number of hydrogen-bond donors (Lipinski definition) is 1. The highest BCUT2D eigenvalue weighted by molar-refractivity contribution is 7.81. The van der Waals surface area contributed by atoms with Gasteiger partial charge in [0.25, 0.3) is 0 Å². The van der Waals surface area contributed by atoms with E-state index in [1.807, 2.05) is 0 Å². The van der Waals surface area contributed by atoms with Crippen molar-refractivity contribution in [3.8, 4) is 12.3 Å². The molecule has 1 heteroatoms. The second-order valence-corrected chi connectivity index (χ2v) is 6.94. The second kappa shape index (κ2) is 6.19. The fraction of sp³-hybridized carbons (Fsp3) is 0.875. The van der Waals surface area contributed by atoms with E-state index in [2.05, 4.69) is 25.5 Å². The predicted octanol–water partition coefficient (Wildman–Crippen LogP) is 4.55. The molecule has 2 fully saturated rings. The fourth-order valence-electron chi connectivity index (χ4n) is 3.84. The molecular weight excluding hydrogens is 224 g/mol. The Kier molecular flexibility index (Phi) is 4.86.